The number of esters is 1. The van der Waals surface area contributed by atoms with Crippen molar-refractivity contribution in [3.05, 3.63) is 36.2 Å². The molecule has 1 aliphatic heterocycles. The Morgan fingerprint density at radius 3 is 2.43 bits per heavy atom. The molecule has 12 nitrogen and oxygen atoms in total. The van der Waals surface area contributed by atoms with Gasteiger partial charge < -0.3 is 24.3 Å². The highest BCUT2D eigenvalue weighted by Crippen LogP contribution is 2.32. The fourth-order valence-corrected chi connectivity index (χ4v) is 6.90. The van der Waals surface area contributed by atoms with Crippen LogP contribution in [0, 0.1) is 6.92 Å². The van der Waals surface area contributed by atoms with E-state index in [0.29, 0.717) is 25.5 Å². The zero-order valence-corrected chi connectivity index (χ0v) is 30.2. The van der Waals surface area contributed by atoms with E-state index >= 15 is 0 Å². The first kappa shape index (κ1) is 36.9. The molecule has 5 rings (SSSR count). The zero-order chi connectivity index (χ0) is 34.6. The normalized spacial score (nSPS) is 16.5. The van der Waals surface area contributed by atoms with Gasteiger partial charge in [-0.05, 0) is 77.1 Å². The van der Waals surface area contributed by atoms with Gasteiger partial charge in [0.25, 0.3) is 0 Å². The van der Waals surface area contributed by atoms with Gasteiger partial charge in [0.15, 0.2) is 5.13 Å². The zero-order valence-electron chi connectivity index (χ0n) is 29.4. The molecule has 1 aliphatic carbocycles. The average Bonchev–Trinajstić information content (AvgIpc) is 3.48. The van der Waals surface area contributed by atoms with Crippen LogP contribution in [0.1, 0.15) is 58.6 Å². The predicted octanol–water partition coefficient (Wildman–Crippen LogP) is 5.95. The summed E-state index contributed by atoms with van der Waals surface area (Å²) >= 11 is 1.64. The number of nitrogens with one attached hydrogen (secondary N) is 2. The minimum absolute atomic E-state index is 0.00108. The quantitative estimate of drug-likeness (QED) is 0.145. The van der Waals surface area contributed by atoms with Crippen LogP contribution in [0.3, 0.4) is 0 Å². The summed E-state index contributed by atoms with van der Waals surface area (Å²) in [4.78, 5) is 38.5. The number of aryl methyl sites for hydroxylation is 1. The lowest BCUT2D eigenvalue weighted by atomic mass is 9.98. The van der Waals surface area contributed by atoms with Gasteiger partial charge in [-0.3, -0.25) is 20.1 Å². The third-order valence-corrected chi connectivity index (χ3v) is 9.58. The van der Waals surface area contributed by atoms with Gasteiger partial charge in [-0.15, -0.1) is 0 Å². The molecule has 2 aromatic heterocycles. The number of fused-ring (bicyclic) bond motifs is 1. The van der Waals surface area contributed by atoms with E-state index in [0.717, 1.165) is 104 Å². The first-order chi connectivity index (χ1) is 23.6. The number of hydrogen-bond acceptors (Lipinski definition) is 12. The summed E-state index contributed by atoms with van der Waals surface area (Å²) in [5, 5.41) is 7.34. The Hall–Kier alpha value is -3.36. The van der Waals surface area contributed by atoms with Crippen molar-refractivity contribution in [2.45, 2.75) is 71.5 Å². The molecular weight excluding hydrogens is 644 g/mol. The van der Waals surface area contributed by atoms with Crippen LogP contribution in [-0.4, -0.2) is 116 Å². The first-order valence-electron chi connectivity index (χ1n) is 17.5. The molecule has 1 saturated carbocycles. The van der Waals surface area contributed by atoms with Crippen LogP contribution in [0.15, 0.2) is 30.5 Å². The second kappa shape index (κ2) is 18.0. The van der Waals surface area contributed by atoms with Crippen molar-refractivity contribution in [3.8, 4) is 11.1 Å². The molecule has 1 aromatic carbocycles. The number of carbonyl (C=O) groups excluding carboxylic acids is 2. The molecule has 0 unspecified atom stereocenters. The molecule has 3 heterocycles. The summed E-state index contributed by atoms with van der Waals surface area (Å²) < 4.78 is 23.0. The number of benzene rings is 1. The monoisotopic (exact) mass is 696 g/mol. The van der Waals surface area contributed by atoms with E-state index in [1.807, 2.05) is 52.1 Å². The predicted molar refractivity (Wildman–Crippen MR) is 193 cm³/mol. The Morgan fingerprint density at radius 2 is 1.67 bits per heavy atom. The van der Waals surface area contributed by atoms with Crippen molar-refractivity contribution in [2.75, 3.05) is 82.9 Å². The molecule has 268 valence electrons. The molecule has 13 heteroatoms. The third-order valence-electron chi connectivity index (χ3n) is 8.60. The highest BCUT2D eigenvalue weighted by molar-refractivity contribution is 7.22. The van der Waals surface area contributed by atoms with E-state index in [4.69, 9.17) is 23.9 Å². The number of ether oxygens (including phenoxy) is 4. The van der Waals surface area contributed by atoms with Gasteiger partial charge in [0.2, 0.25) is 0 Å². The average molecular weight is 697 g/mol. The van der Waals surface area contributed by atoms with Crippen LogP contribution in [0.2, 0.25) is 0 Å². The number of pyridine rings is 1. The Bertz CT molecular complexity index is 1510. The maximum absolute atomic E-state index is 12.6. The summed E-state index contributed by atoms with van der Waals surface area (Å²) in [6.45, 7) is 15.5. The largest absolute Gasteiger partial charge is 0.458 e. The van der Waals surface area contributed by atoms with Crippen molar-refractivity contribution >= 4 is 44.4 Å². The van der Waals surface area contributed by atoms with Crippen LogP contribution in [0.5, 0.6) is 0 Å². The molecule has 2 aliphatic rings. The van der Waals surface area contributed by atoms with Crippen LogP contribution in [0.4, 0.5) is 15.6 Å². The number of nitrogens with zero attached hydrogens (tertiary/aromatic N) is 4. The first-order valence-corrected chi connectivity index (χ1v) is 18.3. The number of piperazine rings is 1. The summed E-state index contributed by atoms with van der Waals surface area (Å²) in [6.07, 6.45) is 6.74. The van der Waals surface area contributed by atoms with E-state index < -0.39 is 11.7 Å². The molecule has 0 radical (unpaired) electrons. The minimum atomic E-state index is -0.500. The Balaban J connectivity index is 0.990. The van der Waals surface area contributed by atoms with E-state index in [-0.39, 0.29) is 18.7 Å². The number of anilines is 2. The molecular formula is C36H52N6O6S. The summed E-state index contributed by atoms with van der Waals surface area (Å²) in [5.74, 6) is -0.356. The van der Waals surface area contributed by atoms with Crippen LogP contribution in [0.25, 0.3) is 21.3 Å². The maximum Gasteiger partial charge on any atom is 0.411 e. The summed E-state index contributed by atoms with van der Waals surface area (Å²) in [5.41, 5.74) is 3.82. The molecule has 0 atom stereocenters. The van der Waals surface area contributed by atoms with Crippen molar-refractivity contribution in [2.24, 2.45) is 0 Å². The molecule has 1 amide bonds. The minimum Gasteiger partial charge on any atom is -0.458 e. The standard InChI is InChI=1S/C36H52N6O6S/c1-26-31(40-35(44)47-29-8-6-5-7-9-29)22-28(24-38-26)27-10-11-30-32(23-27)49-34(39-30)37-12-13-41-14-16-42(17-15-41)18-19-45-20-21-46-25-33(43)48-36(2,3)4/h10-11,22-24,29H,5-9,12-21,25H2,1-4H3,(H,37,39)(H,40,44). The van der Waals surface area contributed by atoms with E-state index in [2.05, 4.69) is 31.5 Å². The number of carbonyl (C=O) groups is 2. The fourth-order valence-electron chi connectivity index (χ4n) is 5.97. The van der Waals surface area contributed by atoms with Gasteiger partial charge in [0.05, 0.1) is 41.4 Å². The van der Waals surface area contributed by atoms with E-state index in [9.17, 15) is 9.59 Å². The second-order valence-corrected chi connectivity index (χ2v) is 14.7. The lowest BCUT2D eigenvalue weighted by molar-refractivity contribution is -0.160. The number of thiazole rings is 1. The van der Waals surface area contributed by atoms with Crippen molar-refractivity contribution in [1.29, 1.82) is 0 Å². The molecule has 1 saturated heterocycles. The van der Waals surface area contributed by atoms with Crippen molar-refractivity contribution < 1.29 is 28.5 Å². The lowest BCUT2D eigenvalue weighted by Crippen LogP contribution is -2.48. The van der Waals surface area contributed by atoms with E-state index in [1.54, 1.807) is 11.3 Å². The third kappa shape index (κ3) is 12.2. The highest BCUT2D eigenvalue weighted by atomic mass is 32.1. The number of aromatic nitrogens is 2. The molecule has 0 spiro atoms. The maximum atomic E-state index is 12.6. The van der Waals surface area contributed by atoms with Gasteiger partial charge in [0.1, 0.15) is 18.3 Å². The van der Waals surface area contributed by atoms with Gasteiger partial charge in [-0.25, -0.2) is 14.6 Å². The van der Waals surface area contributed by atoms with Gasteiger partial charge >= 0.3 is 12.1 Å². The van der Waals surface area contributed by atoms with E-state index in [1.165, 1.54) is 6.42 Å². The molecule has 2 fully saturated rings. The van der Waals surface area contributed by atoms with Crippen LogP contribution in [-0.2, 0) is 23.7 Å². The highest BCUT2D eigenvalue weighted by Gasteiger charge is 2.20. The summed E-state index contributed by atoms with van der Waals surface area (Å²) in [7, 11) is 0. The SMILES string of the molecule is Cc1ncc(-c2ccc3nc(NCCN4CCN(CCOCCOCC(=O)OC(C)(C)C)CC4)sc3c2)cc1NC(=O)OC1CCCCC1. The Labute approximate surface area is 293 Å². The number of hydrogen-bond donors (Lipinski definition) is 2. The topological polar surface area (TPSA) is 127 Å². The summed E-state index contributed by atoms with van der Waals surface area (Å²) in [6, 6.07) is 8.18. The van der Waals surface area contributed by atoms with Gasteiger partial charge in [-0.1, -0.05) is 23.8 Å². The molecule has 3 aromatic rings. The van der Waals surface area contributed by atoms with Crippen molar-refractivity contribution in [1.82, 2.24) is 19.8 Å². The smallest absolute Gasteiger partial charge is 0.411 e. The van der Waals surface area contributed by atoms with Crippen LogP contribution < -0.4 is 10.6 Å². The molecule has 2 N–H and O–H groups in total. The number of rotatable bonds is 15. The molecule has 49 heavy (non-hydrogen) atoms. The van der Waals surface area contributed by atoms with Crippen molar-refractivity contribution in [3.63, 3.8) is 0 Å². The van der Waals surface area contributed by atoms with Gasteiger partial charge in [0, 0.05) is 57.6 Å². The Kier molecular flexibility index (Phi) is 13.6. The van der Waals surface area contributed by atoms with Crippen LogP contribution >= 0.6 is 11.3 Å². The Morgan fingerprint density at radius 1 is 0.939 bits per heavy atom. The molecule has 0 bridgehead atoms. The fraction of sp³-hybridized carbons (Fsp3) is 0.611. The van der Waals surface area contributed by atoms with Gasteiger partial charge in [-0.2, -0.15) is 0 Å². The number of amides is 1. The lowest BCUT2D eigenvalue weighted by Gasteiger charge is -2.34. The second-order valence-electron chi connectivity index (χ2n) is 13.7.